The van der Waals surface area contributed by atoms with Crippen molar-refractivity contribution >= 4 is 43.7 Å². The second-order valence-electron chi connectivity index (χ2n) is 7.48. The van der Waals surface area contributed by atoms with Crippen molar-refractivity contribution in [2.75, 3.05) is 25.0 Å². The van der Waals surface area contributed by atoms with E-state index in [1.54, 1.807) is 17.5 Å². The normalized spacial score (nSPS) is 15.6. The highest BCUT2D eigenvalue weighted by atomic mass is 32.2. The molecule has 1 saturated heterocycles. The van der Waals surface area contributed by atoms with Crippen molar-refractivity contribution in [1.29, 1.82) is 0 Å². The third-order valence-electron chi connectivity index (χ3n) is 5.38. The average molecular weight is 492 g/mol. The SMILES string of the molecule is CCOc1ccc(-c2nc(NC(=O)C3CCN(S(=O)(=O)c4cccs4)CC3)sc2C)cc1. The Bertz CT molecular complexity index is 1160. The molecule has 0 radical (unpaired) electrons. The van der Waals surface area contributed by atoms with E-state index in [2.05, 4.69) is 10.3 Å². The van der Waals surface area contributed by atoms with Gasteiger partial charge in [0.15, 0.2) is 5.13 Å². The highest BCUT2D eigenvalue weighted by Crippen LogP contribution is 2.32. The van der Waals surface area contributed by atoms with Crippen molar-refractivity contribution in [2.24, 2.45) is 5.92 Å². The first-order chi connectivity index (χ1) is 15.4. The van der Waals surface area contributed by atoms with Gasteiger partial charge < -0.3 is 10.1 Å². The number of sulfonamides is 1. The molecule has 0 saturated carbocycles. The number of rotatable bonds is 7. The lowest BCUT2D eigenvalue weighted by Crippen LogP contribution is -2.41. The lowest BCUT2D eigenvalue weighted by Gasteiger charge is -2.29. The van der Waals surface area contributed by atoms with Gasteiger partial charge in [0.05, 0.1) is 12.3 Å². The molecule has 3 aromatic rings. The second kappa shape index (κ2) is 9.70. The molecule has 170 valence electrons. The smallest absolute Gasteiger partial charge is 0.252 e. The Labute approximate surface area is 196 Å². The van der Waals surface area contributed by atoms with E-state index in [1.165, 1.54) is 27.0 Å². The number of amides is 1. The number of ether oxygens (including phenoxy) is 1. The number of aromatic nitrogens is 1. The largest absolute Gasteiger partial charge is 0.494 e. The number of hydrogen-bond acceptors (Lipinski definition) is 7. The van der Waals surface area contributed by atoms with Gasteiger partial charge in [-0.1, -0.05) is 6.07 Å². The molecule has 0 spiro atoms. The predicted octanol–water partition coefficient (Wildman–Crippen LogP) is 4.62. The number of hydrogen-bond donors (Lipinski definition) is 1. The zero-order chi connectivity index (χ0) is 22.7. The van der Waals surface area contributed by atoms with Gasteiger partial charge in [0.25, 0.3) is 10.0 Å². The maximum Gasteiger partial charge on any atom is 0.252 e. The summed E-state index contributed by atoms with van der Waals surface area (Å²) in [5, 5.41) is 5.25. The van der Waals surface area contributed by atoms with Crippen LogP contribution in [0.25, 0.3) is 11.3 Å². The van der Waals surface area contributed by atoms with E-state index >= 15 is 0 Å². The Balaban J connectivity index is 1.37. The molecule has 2 aromatic heterocycles. The summed E-state index contributed by atoms with van der Waals surface area (Å²) >= 11 is 2.65. The molecule has 1 aromatic carbocycles. The van der Waals surface area contributed by atoms with E-state index in [0.717, 1.165) is 21.9 Å². The highest BCUT2D eigenvalue weighted by Gasteiger charge is 2.32. The predicted molar refractivity (Wildman–Crippen MR) is 128 cm³/mol. The minimum Gasteiger partial charge on any atom is -0.494 e. The zero-order valence-electron chi connectivity index (χ0n) is 17.9. The Morgan fingerprint density at radius 3 is 2.56 bits per heavy atom. The summed E-state index contributed by atoms with van der Waals surface area (Å²) < 4.78 is 32.6. The molecule has 1 fully saturated rings. The molecule has 10 heteroatoms. The summed E-state index contributed by atoms with van der Waals surface area (Å²) in [4.78, 5) is 18.4. The molecule has 0 unspecified atom stereocenters. The van der Waals surface area contributed by atoms with Gasteiger partial charge in [-0.05, 0) is 62.4 Å². The Hall–Kier alpha value is -2.27. The van der Waals surface area contributed by atoms with E-state index in [1.807, 2.05) is 38.1 Å². The number of nitrogens with zero attached hydrogens (tertiary/aromatic N) is 2. The van der Waals surface area contributed by atoms with Gasteiger partial charge in [0, 0.05) is 29.4 Å². The molecule has 4 rings (SSSR count). The molecule has 32 heavy (non-hydrogen) atoms. The Kier molecular flexibility index (Phi) is 6.94. The Morgan fingerprint density at radius 2 is 1.94 bits per heavy atom. The summed E-state index contributed by atoms with van der Waals surface area (Å²) in [6.45, 7) is 5.22. The number of carbonyl (C=O) groups is 1. The van der Waals surface area contributed by atoms with Gasteiger partial charge in [-0.25, -0.2) is 13.4 Å². The fourth-order valence-corrected chi connectivity index (χ4v) is 7.15. The first-order valence-corrected chi connectivity index (χ1v) is 13.6. The first-order valence-electron chi connectivity index (χ1n) is 10.4. The molecule has 0 bridgehead atoms. The van der Waals surface area contributed by atoms with Crippen LogP contribution < -0.4 is 10.1 Å². The molecule has 1 aliphatic rings. The third-order valence-corrected chi connectivity index (χ3v) is 9.54. The highest BCUT2D eigenvalue weighted by molar-refractivity contribution is 7.91. The van der Waals surface area contributed by atoms with Crippen LogP contribution in [-0.4, -0.2) is 43.3 Å². The summed E-state index contributed by atoms with van der Waals surface area (Å²) in [6, 6.07) is 11.1. The monoisotopic (exact) mass is 491 g/mol. The maximum atomic E-state index is 12.8. The van der Waals surface area contributed by atoms with Crippen LogP contribution in [0.2, 0.25) is 0 Å². The third kappa shape index (κ3) is 4.88. The van der Waals surface area contributed by atoms with Crippen LogP contribution in [-0.2, 0) is 14.8 Å². The molecule has 0 aliphatic carbocycles. The second-order valence-corrected chi connectivity index (χ2v) is 11.8. The van der Waals surface area contributed by atoms with Crippen LogP contribution in [0.1, 0.15) is 24.6 Å². The quantitative estimate of drug-likeness (QED) is 0.521. The standard InChI is InChI=1S/C22H25N3O4S3/c1-3-29-18-8-6-16(7-9-18)20-15(2)31-22(23-20)24-21(26)17-10-12-25(13-11-17)32(27,28)19-5-4-14-30-19/h4-9,14,17H,3,10-13H2,1-2H3,(H,23,24,26). The summed E-state index contributed by atoms with van der Waals surface area (Å²) in [7, 11) is -3.47. The van der Waals surface area contributed by atoms with Gasteiger partial charge in [-0.3, -0.25) is 4.79 Å². The van der Waals surface area contributed by atoms with Gasteiger partial charge >= 0.3 is 0 Å². The molecule has 1 N–H and O–H groups in total. The van der Waals surface area contributed by atoms with Gasteiger partial charge in [-0.2, -0.15) is 4.31 Å². The number of aryl methyl sites for hydroxylation is 1. The summed E-state index contributed by atoms with van der Waals surface area (Å²) in [5.41, 5.74) is 1.81. The summed E-state index contributed by atoms with van der Waals surface area (Å²) in [5.74, 6) is 0.471. The minimum absolute atomic E-state index is 0.106. The van der Waals surface area contributed by atoms with Crippen LogP contribution in [0.4, 0.5) is 5.13 Å². The van der Waals surface area contributed by atoms with Crippen molar-refractivity contribution < 1.29 is 17.9 Å². The van der Waals surface area contributed by atoms with Gasteiger partial charge in [0.2, 0.25) is 5.91 Å². The zero-order valence-corrected chi connectivity index (χ0v) is 20.4. The minimum atomic E-state index is -3.47. The fourth-order valence-electron chi connectivity index (χ4n) is 3.70. The number of benzene rings is 1. The number of thiazole rings is 1. The average Bonchev–Trinajstić information content (AvgIpc) is 3.45. The lowest BCUT2D eigenvalue weighted by atomic mass is 9.97. The van der Waals surface area contributed by atoms with Crippen molar-refractivity contribution in [3.63, 3.8) is 0 Å². The molecule has 3 heterocycles. The number of nitrogens with one attached hydrogen (secondary N) is 1. The van der Waals surface area contributed by atoms with E-state index in [4.69, 9.17) is 4.74 Å². The number of carbonyl (C=O) groups excluding carboxylic acids is 1. The number of thiophene rings is 1. The van der Waals surface area contributed by atoms with Crippen LogP contribution in [0.3, 0.4) is 0 Å². The van der Waals surface area contributed by atoms with Crippen LogP contribution in [0, 0.1) is 12.8 Å². The topological polar surface area (TPSA) is 88.6 Å². The lowest BCUT2D eigenvalue weighted by molar-refractivity contribution is -0.120. The van der Waals surface area contributed by atoms with Crippen molar-refractivity contribution in [1.82, 2.24) is 9.29 Å². The van der Waals surface area contributed by atoms with Gasteiger partial charge in [0.1, 0.15) is 9.96 Å². The van der Waals surface area contributed by atoms with Crippen LogP contribution >= 0.6 is 22.7 Å². The van der Waals surface area contributed by atoms with Gasteiger partial charge in [-0.15, -0.1) is 22.7 Å². The van der Waals surface area contributed by atoms with E-state index in [-0.39, 0.29) is 11.8 Å². The van der Waals surface area contributed by atoms with E-state index in [0.29, 0.717) is 41.9 Å². The molecular weight excluding hydrogens is 466 g/mol. The first kappa shape index (κ1) is 22.9. The molecule has 1 amide bonds. The van der Waals surface area contributed by atoms with Crippen LogP contribution in [0.15, 0.2) is 46.0 Å². The molecule has 7 nitrogen and oxygen atoms in total. The molecular formula is C22H25N3O4S3. The Morgan fingerprint density at radius 1 is 1.22 bits per heavy atom. The maximum absolute atomic E-state index is 12.8. The number of anilines is 1. The van der Waals surface area contributed by atoms with E-state index in [9.17, 15) is 13.2 Å². The fraction of sp³-hybridized carbons (Fsp3) is 0.364. The van der Waals surface area contributed by atoms with E-state index < -0.39 is 10.0 Å². The van der Waals surface area contributed by atoms with Crippen molar-refractivity contribution in [3.05, 3.63) is 46.7 Å². The molecule has 0 atom stereocenters. The summed E-state index contributed by atoms with van der Waals surface area (Å²) in [6.07, 6.45) is 0.985. The van der Waals surface area contributed by atoms with Crippen molar-refractivity contribution in [3.8, 4) is 17.0 Å². The van der Waals surface area contributed by atoms with Crippen molar-refractivity contribution in [2.45, 2.75) is 30.9 Å². The van der Waals surface area contributed by atoms with Crippen LogP contribution in [0.5, 0.6) is 5.75 Å². The number of piperidine rings is 1. The molecule has 1 aliphatic heterocycles.